The fourth-order valence-electron chi connectivity index (χ4n) is 1.58. The molecule has 2 aromatic rings. The number of isocyanates is 1. The monoisotopic (exact) mass is 201 g/mol. The van der Waals surface area contributed by atoms with Gasteiger partial charge < -0.3 is 4.57 Å². The quantitative estimate of drug-likeness (QED) is 0.548. The van der Waals surface area contributed by atoms with Gasteiger partial charge in [0.05, 0.1) is 17.6 Å². The molecule has 0 N–H and O–H groups in total. The predicted octanol–water partition coefficient (Wildman–Crippen LogP) is 1.72. The molecular weight excluding hydrogens is 190 g/mol. The molecule has 0 aliphatic carbocycles. The molecule has 0 aliphatic rings. The van der Waals surface area contributed by atoms with Crippen molar-refractivity contribution in [1.82, 2.24) is 9.55 Å². The van der Waals surface area contributed by atoms with Gasteiger partial charge in [0.1, 0.15) is 5.82 Å². The first kappa shape index (κ1) is 9.62. The second-order valence-corrected chi connectivity index (χ2v) is 3.45. The van der Waals surface area contributed by atoms with Gasteiger partial charge in [-0.1, -0.05) is 6.07 Å². The summed E-state index contributed by atoms with van der Waals surface area (Å²) in [7, 11) is 1.97. The summed E-state index contributed by atoms with van der Waals surface area (Å²) in [6.45, 7) is 2.34. The molecular formula is C11H11N3O. The summed E-state index contributed by atoms with van der Waals surface area (Å²) in [5.41, 5.74) is 3.02. The topological polar surface area (TPSA) is 47.2 Å². The highest BCUT2D eigenvalue weighted by Crippen LogP contribution is 2.16. The van der Waals surface area contributed by atoms with E-state index in [1.54, 1.807) is 0 Å². The number of hydrogen-bond donors (Lipinski definition) is 0. The number of aromatic nitrogens is 2. The number of aliphatic imine (C=N–C) groups is 1. The maximum Gasteiger partial charge on any atom is 0.235 e. The number of rotatable bonds is 2. The molecule has 0 fully saturated rings. The number of benzene rings is 1. The Morgan fingerprint density at radius 2 is 2.33 bits per heavy atom. The van der Waals surface area contributed by atoms with Crippen molar-refractivity contribution in [2.45, 2.75) is 13.5 Å². The van der Waals surface area contributed by atoms with Gasteiger partial charge in [0.25, 0.3) is 0 Å². The van der Waals surface area contributed by atoms with E-state index in [0.29, 0.717) is 6.54 Å². The van der Waals surface area contributed by atoms with Crippen LogP contribution < -0.4 is 0 Å². The van der Waals surface area contributed by atoms with Crippen LogP contribution in [0.25, 0.3) is 11.0 Å². The highest BCUT2D eigenvalue weighted by Gasteiger charge is 2.04. The van der Waals surface area contributed by atoms with Crippen molar-refractivity contribution in [2.24, 2.45) is 12.0 Å². The maximum atomic E-state index is 10.0. The number of hydrogen-bond acceptors (Lipinski definition) is 3. The normalized spacial score (nSPS) is 10.3. The van der Waals surface area contributed by atoms with E-state index < -0.39 is 0 Å². The minimum atomic E-state index is 0.379. The second kappa shape index (κ2) is 3.67. The Bertz CT molecular complexity index is 550. The molecule has 0 spiro atoms. The van der Waals surface area contributed by atoms with Gasteiger partial charge in [-0.2, -0.15) is 0 Å². The van der Waals surface area contributed by atoms with Gasteiger partial charge in [-0.3, -0.25) is 0 Å². The van der Waals surface area contributed by atoms with Gasteiger partial charge in [-0.25, -0.2) is 14.8 Å². The van der Waals surface area contributed by atoms with E-state index in [1.807, 2.05) is 36.7 Å². The van der Waals surface area contributed by atoms with Crippen molar-refractivity contribution < 1.29 is 4.79 Å². The number of fused-ring (bicyclic) bond motifs is 1. The summed E-state index contributed by atoms with van der Waals surface area (Å²) >= 11 is 0. The summed E-state index contributed by atoms with van der Waals surface area (Å²) in [5.74, 6) is 0.973. The molecule has 4 heteroatoms. The predicted molar refractivity (Wildman–Crippen MR) is 57.3 cm³/mol. The molecule has 1 heterocycles. The largest absolute Gasteiger partial charge is 0.331 e. The second-order valence-electron chi connectivity index (χ2n) is 3.45. The molecule has 1 aromatic heterocycles. The van der Waals surface area contributed by atoms with E-state index in [0.717, 1.165) is 22.4 Å². The molecule has 1 aromatic carbocycles. The molecule has 0 unspecified atom stereocenters. The van der Waals surface area contributed by atoms with Crippen molar-refractivity contribution >= 4 is 17.1 Å². The Hall–Kier alpha value is -1.93. The first-order chi connectivity index (χ1) is 7.22. The van der Waals surface area contributed by atoms with Crippen LogP contribution in [0, 0.1) is 6.92 Å². The van der Waals surface area contributed by atoms with Crippen molar-refractivity contribution in [2.75, 3.05) is 0 Å². The minimum absolute atomic E-state index is 0.379. The highest BCUT2D eigenvalue weighted by atomic mass is 16.1. The third kappa shape index (κ3) is 1.67. The molecule has 0 atom stereocenters. The van der Waals surface area contributed by atoms with E-state index in [-0.39, 0.29) is 0 Å². The van der Waals surface area contributed by atoms with Crippen LogP contribution >= 0.6 is 0 Å². The van der Waals surface area contributed by atoms with Crippen LogP contribution in [0.15, 0.2) is 23.2 Å². The lowest BCUT2D eigenvalue weighted by molar-refractivity contribution is 0.563. The fourth-order valence-corrected chi connectivity index (χ4v) is 1.58. The lowest BCUT2D eigenvalue weighted by Gasteiger charge is -1.98. The number of aryl methyl sites for hydroxylation is 2. The molecule has 2 rings (SSSR count). The highest BCUT2D eigenvalue weighted by molar-refractivity contribution is 5.76. The van der Waals surface area contributed by atoms with Crippen LogP contribution in [0.3, 0.4) is 0 Å². The van der Waals surface area contributed by atoms with E-state index in [9.17, 15) is 4.79 Å². The molecule has 0 bridgehead atoms. The average Bonchev–Trinajstić information content (AvgIpc) is 2.52. The Balaban J connectivity index is 2.54. The molecule has 15 heavy (non-hydrogen) atoms. The van der Waals surface area contributed by atoms with Gasteiger partial charge >= 0.3 is 0 Å². The lowest BCUT2D eigenvalue weighted by atomic mass is 10.2. The first-order valence-corrected chi connectivity index (χ1v) is 4.68. The van der Waals surface area contributed by atoms with Crippen molar-refractivity contribution in [1.29, 1.82) is 0 Å². The smallest absolute Gasteiger partial charge is 0.235 e. The lowest BCUT2D eigenvalue weighted by Crippen LogP contribution is -1.90. The Morgan fingerprint density at radius 1 is 1.53 bits per heavy atom. The zero-order valence-corrected chi connectivity index (χ0v) is 8.69. The number of carbonyl (C=O) groups excluding carboxylic acids is 1. The summed E-state index contributed by atoms with van der Waals surface area (Å²) in [6.07, 6.45) is 1.54. The zero-order chi connectivity index (χ0) is 10.8. The number of nitrogens with zero attached hydrogens (tertiary/aromatic N) is 3. The Morgan fingerprint density at radius 3 is 3.07 bits per heavy atom. The van der Waals surface area contributed by atoms with Crippen LogP contribution in [0.1, 0.15) is 11.4 Å². The third-order valence-electron chi connectivity index (χ3n) is 2.50. The zero-order valence-electron chi connectivity index (χ0n) is 8.69. The van der Waals surface area contributed by atoms with E-state index in [4.69, 9.17) is 0 Å². The van der Waals surface area contributed by atoms with Gasteiger partial charge in [-0.05, 0) is 24.6 Å². The fraction of sp³-hybridized carbons (Fsp3) is 0.273. The molecule has 4 nitrogen and oxygen atoms in total. The summed E-state index contributed by atoms with van der Waals surface area (Å²) < 4.78 is 2.02. The molecule has 0 saturated carbocycles. The summed E-state index contributed by atoms with van der Waals surface area (Å²) in [4.78, 5) is 17.9. The van der Waals surface area contributed by atoms with Crippen molar-refractivity contribution in [3.8, 4) is 0 Å². The minimum Gasteiger partial charge on any atom is -0.331 e. The van der Waals surface area contributed by atoms with Crippen LogP contribution in [-0.2, 0) is 18.4 Å². The molecule has 0 aliphatic heterocycles. The standard InChI is InChI=1S/C11H11N3O/c1-8-13-10-4-3-9(6-12-7-15)5-11(10)14(8)2/h3-5H,6H2,1-2H3. The number of imidazole rings is 1. The van der Waals surface area contributed by atoms with Crippen LogP contribution in [-0.4, -0.2) is 15.6 Å². The van der Waals surface area contributed by atoms with Crippen LogP contribution in [0.5, 0.6) is 0 Å². The molecule has 0 saturated heterocycles. The van der Waals surface area contributed by atoms with E-state index in [2.05, 4.69) is 9.98 Å². The van der Waals surface area contributed by atoms with Crippen molar-refractivity contribution in [3.05, 3.63) is 29.6 Å². The van der Waals surface area contributed by atoms with Gasteiger partial charge in [0.15, 0.2) is 0 Å². The van der Waals surface area contributed by atoms with Gasteiger partial charge in [0, 0.05) is 7.05 Å². The molecule has 0 radical (unpaired) electrons. The molecule has 0 amide bonds. The Kier molecular flexibility index (Phi) is 2.35. The summed E-state index contributed by atoms with van der Waals surface area (Å²) in [5, 5.41) is 0. The Labute approximate surface area is 87.3 Å². The van der Waals surface area contributed by atoms with Crippen LogP contribution in [0.4, 0.5) is 0 Å². The third-order valence-corrected chi connectivity index (χ3v) is 2.50. The first-order valence-electron chi connectivity index (χ1n) is 4.68. The SMILES string of the molecule is Cc1nc2ccc(CN=C=O)cc2n1C. The maximum absolute atomic E-state index is 10.0. The average molecular weight is 201 g/mol. The van der Waals surface area contributed by atoms with Gasteiger partial charge in [0.2, 0.25) is 6.08 Å². The van der Waals surface area contributed by atoms with Crippen molar-refractivity contribution in [3.63, 3.8) is 0 Å². The van der Waals surface area contributed by atoms with E-state index in [1.165, 1.54) is 6.08 Å². The van der Waals surface area contributed by atoms with Crippen LogP contribution in [0.2, 0.25) is 0 Å². The molecule has 76 valence electrons. The summed E-state index contributed by atoms with van der Waals surface area (Å²) in [6, 6.07) is 5.86. The van der Waals surface area contributed by atoms with E-state index >= 15 is 0 Å². The van der Waals surface area contributed by atoms with Gasteiger partial charge in [-0.15, -0.1) is 0 Å².